The fourth-order valence-corrected chi connectivity index (χ4v) is 1.84. The van der Waals surface area contributed by atoms with Gasteiger partial charge in [-0.25, -0.2) is 0 Å². The Hall–Kier alpha value is -1.35. The van der Waals surface area contributed by atoms with Gasteiger partial charge in [-0.3, -0.25) is 10.1 Å². The predicted molar refractivity (Wildman–Crippen MR) is 65.5 cm³/mol. The second kappa shape index (κ2) is 3.91. The van der Waals surface area contributed by atoms with Crippen LogP contribution in [0.25, 0.3) is 11.3 Å². The SMILES string of the molecule is CC(C)(C)c1[nH]ncc1-c1ncccc1Cl. The normalized spacial score (nSPS) is 11.8. The topological polar surface area (TPSA) is 41.6 Å². The molecule has 0 radical (unpaired) electrons. The van der Waals surface area contributed by atoms with E-state index in [1.807, 2.05) is 12.1 Å². The van der Waals surface area contributed by atoms with Gasteiger partial charge in [0.15, 0.2) is 0 Å². The van der Waals surface area contributed by atoms with Crippen LogP contribution in [-0.4, -0.2) is 15.2 Å². The molecule has 0 aliphatic rings. The van der Waals surface area contributed by atoms with E-state index in [1.165, 1.54) is 0 Å². The Kier molecular flexibility index (Phi) is 2.72. The van der Waals surface area contributed by atoms with Gasteiger partial charge >= 0.3 is 0 Å². The highest BCUT2D eigenvalue weighted by atomic mass is 35.5. The highest BCUT2D eigenvalue weighted by Gasteiger charge is 2.22. The zero-order valence-corrected chi connectivity index (χ0v) is 10.3. The quantitative estimate of drug-likeness (QED) is 0.823. The van der Waals surface area contributed by atoms with Gasteiger partial charge in [0, 0.05) is 22.9 Å². The Labute approximate surface area is 99.9 Å². The van der Waals surface area contributed by atoms with Crippen molar-refractivity contribution in [2.45, 2.75) is 26.2 Å². The van der Waals surface area contributed by atoms with E-state index in [2.05, 4.69) is 36.0 Å². The summed E-state index contributed by atoms with van der Waals surface area (Å²) in [4.78, 5) is 4.30. The summed E-state index contributed by atoms with van der Waals surface area (Å²) >= 11 is 6.13. The first-order valence-electron chi connectivity index (χ1n) is 5.15. The highest BCUT2D eigenvalue weighted by Crippen LogP contribution is 2.33. The first-order valence-corrected chi connectivity index (χ1v) is 5.52. The van der Waals surface area contributed by atoms with Crippen LogP contribution in [0.3, 0.4) is 0 Å². The summed E-state index contributed by atoms with van der Waals surface area (Å²) in [6.45, 7) is 6.38. The van der Waals surface area contributed by atoms with Crippen molar-refractivity contribution >= 4 is 11.6 Å². The van der Waals surface area contributed by atoms with Gasteiger partial charge in [-0.15, -0.1) is 0 Å². The summed E-state index contributed by atoms with van der Waals surface area (Å²) in [6.07, 6.45) is 3.51. The van der Waals surface area contributed by atoms with Crippen LogP contribution in [-0.2, 0) is 5.41 Å². The third-order valence-corrected chi connectivity index (χ3v) is 2.71. The number of pyridine rings is 1. The van der Waals surface area contributed by atoms with E-state index >= 15 is 0 Å². The summed E-state index contributed by atoms with van der Waals surface area (Å²) in [5.41, 5.74) is 2.79. The maximum absolute atomic E-state index is 6.13. The van der Waals surface area contributed by atoms with E-state index in [-0.39, 0.29) is 5.41 Å². The van der Waals surface area contributed by atoms with Gasteiger partial charge in [0.1, 0.15) is 0 Å². The minimum absolute atomic E-state index is 0.00726. The minimum atomic E-state index is -0.00726. The number of rotatable bonds is 1. The molecule has 0 saturated heterocycles. The third kappa shape index (κ3) is 1.95. The van der Waals surface area contributed by atoms with E-state index < -0.39 is 0 Å². The average molecular weight is 236 g/mol. The summed E-state index contributed by atoms with van der Waals surface area (Å²) < 4.78 is 0. The van der Waals surface area contributed by atoms with Crippen molar-refractivity contribution in [1.29, 1.82) is 0 Å². The molecule has 0 bridgehead atoms. The molecule has 0 spiro atoms. The van der Waals surface area contributed by atoms with Gasteiger partial charge in [-0.2, -0.15) is 5.10 Å². The first kappa shape index (κ1) is 11.1. The molecule has 2 aromatic heterocycles. The molecule has 1 N–H and O–H groups in total. The van der Waals surface area contributed by atoms with Crippen LogP contribution < -0.4 is 0 Å². The van der Waals surface area contributed by atoms with Crippen molar-refractivity contribution in [2.75, 3.05) is 0 Å². The molecular formula is C12H14ClN3. The molecule has 4 heteroatoms. The van der Waals surface area contributed by atoms with Crippen LogP contribution in [0.4, 0.5) is 0 Å². The Morgan fingerprint density at radius 1 is 1.31 bits per heavy atom. The lowest BCUT2D eigenvalue weighted by molar-refractivity contribution is 0.568. The largest absolute Gasteiger partial charge is 0.281 e. The molecule has 0 aromatic carbocycles. The number of hydrogen-bond donors (Lipinski definition) is 1. The first-order chi connectivity index (χ1) is 7.50. The Morgan fingerprint density at radius 2 is 2.06 bits per heavy atom. The third-order valence-electron chi connectivity index (χ3n) is 2.40. The lowest BCUT2D eigenvalue weighted by Gasteiger charge is -2.18. The molecule has 3 nitrogen and oxygen atoms in total. The van der Waals surface area contributed by atoms with Crippen molar-refractivity contribution < 1.29 is 0 Å². The second-order valence-electron chi connectivity index (χ2n) is 4.74. The fraction of sp³-hybridized carbons (Fsp3) is 0.333. The molecule has 0 unspecified atom stereocenters. The molecule has 0 fully saturated rings. The van der Waals surface area contributed by atoms with Crippen LogP contribution in [0, 0.1) is 0 Å². The number of hydrogen-bond acceptors (Lipinski definition) is 2. The van der Waals surface area contributed by atoms with Crippen LogP contribution in [0.15, 0.2) is 24.5 Å². The van der Waals surface area contributed by atoms with E-state index in [0.717, 1.165) is 17.0 Å². The molecule has 0 aliphatic heterocycles. The zero-order valence-electron chi connectivity index (χ0n) is 9.58. The van der Waals surface area contributed by atoms with Crippen LogP contribution in [0.1, 0.15) is 26.5 Å². The monoisotopic (exact) mass is 235 g/mol. The molecule has 0 amide bonds. The van der Waals surface area contributed by atoms with Crippen molar-refractivity contribution in [3.8, 4) is 11.3 Å². The fourth-order valence-electron chi connectivity index (χ4n) is 1.62. The van der Waals surface area contributed by atoms with Crippen LogP contribution >= 0.6 is 11.6 Å². The van der Waals surface area contributed by atoms with E-state index in [4.69, 9.17) is 11.6 Å². The average Bonchev–Trinajstić information content (AvgIpc) is 2.66. The van der Waals surface area contributed by atoms with E-state index in [1.54, 1.807) is 12.4 Å². The zero-order chi connectivity index (χ0) is 11.8. The van der Waals surface area contributed by atoms with E-state index in [9.17, 15) is 0 Å². The number of aromatic amines is 1. The Balaban J connectivity index is 2.58. The molecule has 2 aromatic rings. The number of nitrogens with one attached hydrogen (secondary N) is 1. The van der Waals surface area contributed by atoms with Gasteiger partial charge < -0.3 is 0 Å². The highest BCUT2D eigenvalue weighted by molar-refractivity contribution is 6.33. The minimum Gasteiger partial charge on any atom is -0.281 e. The van der Waals surface area contributed by atoms with Gasteiger partial charge in [0.2, 0.25) is 0 Å². The second-order valence-corrected chi connectivity index (χ2v) is 5.15. The molecule has 0 aliphatic carbocycles. The smallest absolute Gasteiger partial charge is 0.0922 e. The van der Waals surface area contributed by atoms with Gasteiger partial charge in [0.05, 0.1) is 16.9 Å². The number of nitrogens with zero attached hydrogens (tertiary/aromatic N) is 2. The summed E-state index contributed by atoms with van der Waals surface area (Å²) in [6, 6.07) is 3.66. The lowest BCUT2D eigenvalue weighted by atomic mass is 9.88. The van der Waals surface area contributed by atoms with Gasteiger partial charge in [-0.05, 0) is 12.1 Å². The van der Waals surface area contributed by atoms with Crippen molar-refractivity contribution in [1.82, 2.24) is 15.2 Å². The van der Waals surface area contributed by atoms with Crippen molar-refractivity contribution in [3.05, 3.63) is 35.2 Å². The molecule has 16 heavy (non-hydrogen) atoms. The summed E-state index contributed by atoms with van der Waals surface area (Å²) in [7, 11) is 0. The predicted octanol–water partition coefficient (Wildman–Crippen LogP) is 3.42. The Morgan fingerprint density at radius 3 is 2.69 bits per heavy atom. The molecule has 0 saturated carbocycles. The number of aromatic nitrogens is 3. The van der Waals surface area contributed by atoms with Crippen molar-refractivity contribution in [3.63, 3.8) is 0 Å². The van der Waals surface area contributed by atoms with Gasteiger partial charge in [0.25, 0.3) is 0 Å². The molecular weight excluding hydrogens is 222 g/mol. The van der Waals surface area contributed by atoms with Crippen LogP contribution in [0.2, 0.25) is 5.02 Å². The maximum Gasteiger partial charge on any atom is 0.0922 e. The molecule has 84 valence electrons. The molecule has 2 heterocycles. The van der Waals surface area contributed by atoms with Crippen LogP contribution in [0.5, 0.6) is 0 Å². The maximum atomic E-state index is 6.13. The number of H-pyrrole nitrogens is 1. The number of halogens is 1. The summed E-state index contributed by atoms with van der Waals surface area (Å²) in [5, 5.41) is 7.75. The molecule has 0 atom stereocenters. The Bertz CT molecular complexity index is 497. The van der Waals surface area contributed by atoms with Gasteiger partial charge in [-0.1, -0.05) is 32.4 Å². The van der Waals surface area contributed by atoms with E-state index in [0.29, 0.717) is 5.02 Å². The lowest BCUT2D eigenvalue weighted by Crippen LogP contribution is -2.13. The molecule has 2 rings (SSSR count). The standard InChI is InChI=1S/C12H14ClN3/c1-12(2,3)11-8(7-15-16-11)10-9(13)5-4-6-14-10/h4-7H,1-3H3,(H,15,16). The summed E-state index contributed by atoms with van der Waals surface area (Å²) in [5.74, 6) is 0. The van der Waals surface area contributed by atoms with Crippen molar-refractivity contribution in [2.24, 2.45) is 0 Å².